The predicted molar refractivity (Wildman–Crippen MR) is 82.7 cm³/mol. The van der Waals surface area contributed by atoms with Gasteiger partial charge in [0.2, 0.25) is 11.8 Å². The van der Waals surface area contributed by atoms with Crippen molar-refractivity contribution < 1.29 is 23.4 Å². The summed E-state index contributed by atoms with van der Waals surface area (Å²) in [6.07, 6.45) is 2.22. The average molecular weight is 349 g/mol. The number of hydrogen-bond donors (Lipinski definition) is 2. The summed E-state index contributed by atoms with van der Waals surface area (Å²) in [5.74, 6) is -2.57. The largest absolute Gasteiger partial charge is 0.481 e. The Bertz CT molecular complexity index is 960. The summed E-state index contributed by atoms with van der Waals surface area (Å²) < 4.78 is 33.2. The lowest BCUT2D eigenvalue weighted by atomic mass is 10.1. The second-order valence-electron chi connectivity index (χ2n) is 5.19. The lowest BCUT2D eigenvalue weighted by molar-refractivity contribution is 0.0694. The van der Waals surface area contributed by atoms with Crippen LogP contribution in [0.5, 0.6) is 5.88 Å². The summed E-state index contributed by atoms with van der Waals surface area (Å²) >= 11 is 0. The standard InChI is InChI=1S/C15H13F2N5O3/c1-7(9-3-8(16)5-18-14(9)25-2)20-11-4-10-12(15(23)24)13(17)21-22(10)6-19-11/h3-7,20H,1-2H3,(H,23,24)/t7-/m1/s1. The molecule has 3 aromatic heterocycles. The summed E-state index contributed by atoms with van der Waals surface area (Å²) in [6, 6.07) is 2.15. The molecule has 0 unspecified atom stereocenters. The Balaban J connectivity index is 1.96. The van der Waals surface area contributed by atoms with Gasteiger partial charge in [-0.1, -0.05) is 0 Å². The number of nitrogens with one attached hydrogen (secondary N) is 1. The van der Waals surface area contributed by atoms with E-state index < -0.39 is 29.3 Å². The van der Waals surface area contributed by atoms with Gasteiger partial charge in [0.05, 0.1) is 24.9 Å². The van der Waals surface area contributed by atoms with Gasteiger partial charge >= 0.3 is 5.97 Å². The van der Waals surface area contributed by atoms with Crippen molar-refractivity contribution in [3.8, 4) is 5.88 Å². The van der Waals surface area contributed by atoms with Crippen molar-refractivity contribution in [2.45, 2.75) is 13.0 Å². The number of anilines is 1. The van der Waals surface area contributed by atoms with Crippen molar-refractivity contribution in [3.63, 3.8) is 0 Å². The molecule has 3 rings (SSSR count). The number of carbonyl (C=O) groups is 1. The van der Waals surface area contributed by atoms with Crippen LogP contribution in [0, 0.1) is 11.8 Å². The Morgan fingerprint density at radius 2 is 2.12 bits per heavy atom. The minimum Gasteiger partial charge on any atom is -0.481 e. The number of aromatic nitrogens is 4. The Labute approximate surface area is 140 Å². The Hall–Kier alpha value is -3.30. The zero-order valence-electron chi connectivity index (χ0n) is 13.2. The third-order valence-corrected chi connectivity index (χ3v) is 3.57. The van der Waals surface area contributed by atoms with E-state index in [2.05, 4.69) is 20.4 Å². The summed E-state index contributed by atoms with van der Waals surface area (Å²) in [5, 5.41) is 15.5. The first-order valence-corrected chi connectivity index (χ1v) is 7.14. The van der Waals surface area contributed by atoms with Crippen molar-refractivity contribution in [3.05, 3.63) is 47.5 Å². The van der Waals surface area contributed by atoms with E-state index in [1.165, 1.54) is 25.6 Å². The van der Waals surface area contributed by atoms with E-state index in [0.717, 1.165) is 10.7 Å². The van der Waals surface area contributed by atoms with Crippen molar-refractivity contribution in [1.82, 2.24) is 19.6 Å². The molecular weight excluding hydrogens is 336 g/mol. The fourth-order valence-electron chi connectivity index (χ4n) is 2.43. The first-order valence-electron chi connectivity index (χ1n) is 7.14. The molecule has 3 aromatic rings. The maximum absolute atomic E-state index is 13.6. The summed E-state index contributed by atoms with van der Waals surface area (Å²) in [7, 11) is 1.41. The fourth-order valence-corrected chi connectivity index (χ4v) is 2.43. The molecule has 0 bridgehead atoms. The van der Waals surface area contributed by atoms with E-state index in [4.69, 9.17) is 9.84 Å². The van der Waals surface area contributed by atoms with Gasteiger partial charge in [-0.25, -0.2) is 23.7 Å². The monoisotopic (exact) mass is 349 g/mol. The molecule has 8 nitrogen and oxygen atoms in total. The number of fused-ring (bicyclic) bond motifs is 1. The second kappa shape index (κ2) is 6.30. The van der Waals surface area contributed by atoms with Gasteiger partial charge in [0.25, 0.3) is 0 Å². The highest BCUT2D eigenvalue weighted by Crippen LogP contribution is 2.26. The molecule has 0 aliphatic rings. The minimum atomic E-state index is -1.44. The van der Waals surface area contributed by atoms with Crippen LogP contribution >= 0.6 is 0 Å². The number of carboxylic acid groups (broad SMARTS) is 1. The van der Waals surface area contributed by atoms with Gasteiger partial charge in [-0.15, -0.1) is 5.10 Å². The lowest BCUT2D eigenvalue weighted by Crippen LogP contribution is -2.11. The van der Waals surface area contributed by atoms with E-state index in [9.17, 15) is 13.6 Å². The highest BCUT2D eigenvalue weighted by molar-refractivity contribution is 5.96. The van der Waals surface area contributed by atoms with Crippen LogP contribution in [0.15, 0.2) is 24.7 Å². The van der Waals surface area contributed by atoms with E-state index in [0.29, 0.717) is 5.56 Å². The smallest absolute Gasteiger partial charge is 0.342 e. The van der Waals surface area contributed by atoms with E-state index in [-0.39, 0.29) is 17.2 Å². The molecule has 0 saturated heterocycles. The number of methoxy groups -OCH3 is 1. The van der Waals surface area contributed by atoms with Crippen LogP contribution in [0.3, 0.4) is 0 Å². The molecule has 2 N–H and O–H groups in total. The van der Waals surface area contributed by atoms with Gasteiger partial charge in [0.1, 0.15) is 23.5 Å². The van der Waals surface area contributed by atoms with Gasteiger partial charge in [-0.05, 0) is 13.0 Å². The average Bonchev–Trinajstić information content (AvgIpc) is 2.90. The quantitative estimate of drug-likeness (QED) is 0.728. The molecule has 0 spiro atoms. The molecular formula is C15H13F2N5O3. The molecule has 0 amide bonds. The molecule has 0 radical (unpaired) electrons. The maximum Gasteiger partial charge on any atom is 0.342 e. The Morgan fingerprint density at radius 1 is 1.36 bits per heavy atom. The van der Waals surface area contributed by atoms with Crippen LogP contribution in [-0.2, 0) is 0 Å². The van der Waals surface area contributed by atoms with Crippen molar-refractivity contribution in [2.75, 3.05) is 12.4 Å². The molecule has 10 heteroatoms. The summed E-state index contributed by atoms with van der Waals surface area (Å²) in [5.41, 5.74) is -0.0653. The van der Waals surface area contributed by atoms with Crippen molar-refractivity contribution in [1.29, 1.82) is 0 Å². The van der Waals surface area contributed by atoms with Crippen molar-refractivity contribution in [2.24, 2.45) is 0 Å². The third kappa shape index (κ3) is 3.05. The van der Waals surface area contributed by atoms with E-state index in [1.54, 1.807) is 6.92 Å². The Kier molecular flexibility index (Phi) is 4.17. The van der Waals surface area contributed by atoms with Crippen LogP contribution in [0.2, 0.25) is 0 Å². The van der Waals surface area contributed by atoms with Gasteiger partial charge in [-0.3, -0.25) is 0 Å². The number of ether oxygens (including phenoxy) is 1. The molecule has 3 heterocycles. The first-order chi connectivity index (χ1) is 11.9. The normalized spacial score (nSPS) is 12.2. The van der Waals surface area contributed by atoms with Gasteiger partial charge in [-0.2, -0.15) is 4.39 Å². The molecule has 0 aromatic carbocycles. The van der Waals surface area contributed by atoms with Crippen molar-refractivity contribution >= 4 is 17.3 Å². The molecule has 130 valence electrons. The lowest BCUT2D eigenvalue weighted by Gasteiger charge is -2.17. The predicted octanol–water partition coefficient (Wildman–Crippen LogP) is 2.28. The SMILES string of the molecule is COc1ncc(F)cc1[C@@H](C)Nc1cc2c(C(=O)O)c(F)nn2cn1. The van der Waals surface area contributed by atoms with E-state index >= 15 is 0 Å². The number of halogens is 2. The number of rotatable bonds is 5. The van der Waals surface area contributed by atoms with Crippen LogP contribution < -0.4 is 10.1 Å². The van der Waals surface area contributed by atoms with Gasteiger partial charge in [0, 0.05) is 11.6 Å². The number of aromatic carboxylic acids is 1. The van der Waals surface area contributed by atoms with Gasteiger partial charge < -0.3 is 15.2 Å². The highest BCUT2D eigenvalue weighted by atomic mass is 19.1. The third-order valence-electron chi connectivity index (χ3n) is 3.57. The zero-order valence-corrected chi connectivity index (χ0v) is 13.2. The number of nitrogens with zero attached hydrogens (tertiary/aromatic N) is 4. The Morgan fingerprint density at radius 3 is 2.80 bits per heavy atom. The van der Waals surface area contributed by atoms with Crippen LogP contribution in [0.4, 0.5) is 14.6 Å². The molecule has 0 fully saturated rings. The second-order valence-corrected chi connectivity index (χ2v) is 5.19. The zero-order chi connectivity index (χ0) is 18.1. The minimum absolute atomic E-state index is 0.0408. The maximum atomic E-state index is 13.6. The van der Waals surface area contributed by atoms with Crippen LogP contribution in [-0.4, -0.2) is 37.8 Å². The summed E-state index contributed by atoms with van der Waals surface area (Å²) in [4.78, 5) is 19.1. The molecule has 0 aliphatic heterocycles. The van der Waals surface area contributed by atoms with E-state index in [1.807, 2.05) is 0 Å². The fraction of sp³-hybridized carbons (Fsp3) is 0.200. The number of pyridine rings is 1. The van der Waals surface area contributed by atoms with Crippen LogP contribution in [0.25, 0.3) is 5.52 Å². The van der Waals surface area contributed by atoms with Crippen LogP contribution in [0.1, 0.15) is 28.9 Å². The number of hydrogen-bond acceptors (Lipinski definition) is 6. The highest BCUT2D eigenvalue weighted by Gasteiger charge is 2.21. The number of carboxylic acids is 1. The summed E-state index contributed by atoms with van der Waals surface area (Å²) in [6.45, 7) is 1.72. The van der Waals surface area contributed by atoms with Gasteiger partial charge in [0.15, 0.2) is 0 Å². The molecule has 25 heavy (non-hydrogen) atoms. The molecule has 0 saturated carbocycles. The molecule has 1 atom stereocenters. The molecule has 0 aliphatic carbocycles. The topological polar surface area (TPSA) is 102 Å². The first kappa shape index (κ1) is 16.6.